The van der Waals surface area contributed by atoms with Gasteiger partial charge in [-0.05, 0) is 37.2 Å². The summed E-state index contributed by atoms with van der Waals surface area (Å²) in [4.78, 5) is 17.5. The van der Waals surface area contributed by atoms with E-state index in [1.807, 2.05) is 41.3 Å². The van der Waals surface area contributed by atoms with E-state index in [4.69, 9.17) is 4.42 Å². The monoisotopic (exact) mass is 384 g/mol. The molecule has 0 aliphatic carbocycles. The van der Waals surface area contributed by atoms with Gasteiger partial charge in [0.05, 0.1) is 10.8 Å². The molecule has 0 N–H and O–H groups in total. The van der Waals surface area contributed by atoms with Crippen LogP contribution in [0.4, 0.5) is 0 Å². The first-order valence-corrected chi connectivity index (χ1v) is 10.8. The Labute approximate surface area is 161 Å². The van der Waals surface area contributed by atoms with Crippen molar-refractivity contribution in [2.75, 3.05) is 38.5 Å². The van der Waals surface area contributed by atoms with Crippen molar-refractivity contribution in [3.05, 3.63) is 42.5 Å². The van der Waals surface area contributed by atoms with E-state index >= 15 is 0 Å². The fourth-order valence-corrected chi connectivity index (χ4v) is 4.71. The maximum atomic E-state index is 12.8. The Balaban J connectivity index is 1.46. The van der Waals surface area contributed by atoms with Gasteiger partial charge in [-0.25, -0.2) is 0 Å². The van der Waals surface area contributed by atoms with E-state index in [0.29, 0.717) is 4.90 Å². The van der Waals surface area contributed by atoms with E-state index in [1.54, 1.807) is 6.07 Å². The topological polar surface area (TPSA) is 53.8 Å². The van der Waals surface area contributed by atoms with Gasteiger partial charge in [-0.15, -0.1) is 0 Å². The fourth-order valence-electron chi connectivity index (χ4n) is 3.67. The van der Waals surface area contributed by atoms with Gasteiger partial charge in [0.15, 0.2) is 0 Å². The molecule has 1 aromatic heterocycles. The Morgan fingerprint density at radius 1 is 1.04 bits per heavy atom. The first-order valence-electron chi connectivity index (χ1n) is 9.45. The van der Waals surface area contributed by atoms with Crippen LogP contribution in [-0.4, -0.2) is 58.4 Å². The largest absolute Gasteiger partial charge is 0.456 e. The molecule has 1 unspecified atom stereocenters. The van der Waals surface area contributed by atoms with Crippen LogP contribution in [0.25, 0.3) is 21.9 Å². The van der Waals surface area contributed by atoms with Crippen molar-refractivity contribution < 1.29 is 13.4 Å². The molecule has 142 valence electrons. The molecule has 1 atom stereocenters. The normalized spacial score (nSPS) is 16.9. The average Bonchev–Trinajstić information content (AvgIpc) is 3.06. The highest BCUT2D eigenvalue weighted by atomic mass is 32.2. The summed E-state index contributed by atoms with van der Waals surface area (Å²) in [6.07, 6.45) is 1.13. The van der Waals surface area contributed by atoms with Crippen molar-refractivity contribution in [1.29, 1.82) is 0 Å². The van der Waals surface area contributed by atoms with E-state index < -0.39 is 10.8 Å². The molecule has 1 aliphatic heterocycles. The van der Waals surface area contributed by atoms with Crippen molar-refractivity contribution in [3.63, 3.8) is 0 Å². The molecule has 4 rings (SSSR count). The average molecular weight is 385 g/mol. The lowest BCUT2D eigenvalue weighted by atomic mass is 10.1. The maximum absolute atomic E-state index is 12.8. The van der Waals surface area contributed by atoms with Gasteiger partial charge in [-0.3, -0.25) is 13.9 Å². The minimum atomic E-state index is -1.36. The van der Waals surface area contributed by atoms with Crippen LogP contribution in [-0.2, 0) is 15.6 Å². The second kappa shape index (κ2) is 7.82. The summed E-state index contributed by atoms with van der Waals surface area (Å²) in [7, 11) is -1.36. The highest BCUT2D eigenvalue weighted by molar-refractivity contribution is 7.85. The number of rotatable bonds is 5. The summed E-state index contributed by atoms with van der Waals surface area (Å²) >= 11 is 0. The lowest BCUT2D eigenvalue weighted by molar-refractivity contribution is -0.130. The van der Waals surface area contributed by atoms with Gasteiger partial charge < -0.3 is 9.32 Å². The number of hydrogen-bond acceptors (Lipinski definition) is 4. The fraction of sp³-hybridized carbons (Fsp3) is 0.381. The molecule has 0 radical (unpaired) electrons. The van der Waals surface area contributed by atoms with Gasteiger partial charge in [-0.2, -0.15) is 0 Å². The Kier molecular flexibility index (Phi) is 5.27. The molecule has 5 nitrogen and oxygen atoms in total. The Morgan fingerprint density at radius 3 is 2.56 bits per heavy atom. The first-order chi connectivity index (χ1) is 13.2. The molecule has 27 heavy (non-hydrogen) atoms. The summed E-state index contributed by atoms with van der Waals surface area (Å²) in [6, 6.07) is 13.3. The number of piperazine rings is 1. The molecule has 1 aliphatic rings. The van der Waals surface area contributed by atoms with Crippen LogP contribution < -0.4 is 0 Å². The molecule has 0 saturated carbocycles. The van der Waals surface area contributed by atoms with Crippen LogP contribution in [0.3, 0.4) is 0 Å². The molecular formula is C21H24N2O3S. The van der Waals surface area contributed by atoms with E-state index in [-0.39, 0.29) is 11.7 Å². The number of carbonyl (C=O) groups is 1. The zero-order valence-corrected chi connectivity index (χ0v) is 16.3. The van der Waals surface area contributed by atoms with Gasteiger partial charge in [0.25, 0.3) is 0 Å². The van der Waals surface area contributed by atoms with Crippen LogP contribution >= 0.6 is 0 Å². The number of benzene rings is 2. The Hall–Kier alpha value is -2.18. The highest BCUT2D eigenvalue weighted by Crippen LogP contribution is 2.30. The van der Waals surface area contributed by atoms with Crippen LogP contribution in [0.2, 0.25) is 0 Å². The zero-order valence-electron chi connectivity index (χ0n) is 15.5. The second-order valence-corrected chi connectivity index (χ2v) is 8.42. The minimum absolute atomic E-state index is 0.0263. The molecule has 1 saturated heterocycles. The van der Waals surface area contributed by atoms with Crippen molar-refractivity contribution in [3.8, 4) is 0 Å². The molecular weight excluding hydrogens is 360 g/mol. The minimum Gasteiger partial charge on any atom is -0.456 e. The van der Waals surface area contributed by atoms with Crippen LogP contribution in [0, 0.1) is 0 Å². The van der Waals surface area contributed by atoms with Gasteiger partial charge >= 0.3 is 0 Å². The molecule has 2 heterocycles. The predicted molar refractivity (Wildman–Crippen MR) is 108 cm³/mol. The number of para-hydroxylation sites is 1. The number of fused-ring (bicyclic) bond motifs is 3. The second-order valence-electron chi connectivity index (χ2n) is 6.97. The van der Waals surface area contributed by atoms with Crippen LogP contribution in [0.5, 0.6) is 0 Å². The third-order valence-electron chi connectivity index (χ3n) is 5.13. The van der Waals surface area contributed by atoms with Gasteiger partial charge in [0.2, 0.25) is 5.91 Å². The highest BCUT2D eigenvalue weighted by Gasteiger charge is 2.22. The summed E-state index contributed by atoms with van der Waals surface area (Å²) < 4.78 is 18.6. The molecule has 0 bridgehead atoms. The third kappa shape index (κ3) is 3.77. The van der Waals surface area contributed by atoms with Gasteiger partial charge in [0.1, 0.15) is 16.9 Å². The Morgan fingerprint density at radius 2 is 1.78 bits per heavy atom. The first kappa shape index (κ1) is 18.2. The quantitative estimate of drug-likeness (QED) is 0.678. The third-order valence-corrected chi connectivity index (χ3v) is 6.42. The number of amides is 1. The summed E-state index contributed by atoms with van der Waals surface area (Å²) in [5.74, 6) is 0.0105. The number of furan rings is 1. The van der Waals surface area contributed by atoms with Crippen molar-refractivity contribution in [2.45, 2.75) is 18.2 Å². The summed E-state index contributed by atoms with van der Waals surface area (Å²) in [6.45, 7) is 6.49. The van der Waals surface area contributed by atoms with Crippen molar-refractivity contribution in [2.24, 2.45) is 0 Å². The molecule has 3 aromatic rings. The number of carbonyl (C=O) groups excluding carboxylic acids is 1. The predicted octanol–water partition coefficient (Wildman–Crippen LogP) is 3.25. The Bertz CT molecular complexity index is 989. The standard InChI is InChI=1S/C21H24N2O3S/c1-2-9-22-10-12-23(13-11-22)21(24)15-27(25)16-7-8-20-18(14-16)17-5-3-4-6-19(17)26-20/h3-8,14H,2,9-13,15H2,1H3. The van der Waals surface area contributed by atoms with Crippen molar-refractivity contribution in [1.82, 2.24) is 9.80 Å². The number of nitrogens with zero attached hydrogens (tertiary/aromatic N) is 2. The smallest absolute Gasteiger partial charge is 0.235 e. The molecule has 6 heteroatoms. The van der Waals surface area contributed by atoms with Crippen molar-refractivity contribution >= 4 is 38.6 Å². The molecule has 2 aromatic carbocycles. The van der Waals surface area contributed by atoms with E-state index in [1.165, 1.54) is 0 Å². The van der Waals surface area contributed by atoms with Gasteiger partial charge in [0, 0.05) is 41.8 Å². The maximum Gasteiger partial charge on any atom is 0.235 e. The van der Waals surface area contributed by atoms with E-state index in [9.17, 15) is 9.00 Å². The molecule has 1 fully saturated rings. The summed E-state index contributed by atoms with van der Waals surface area (Å²) in [5, 5.41) is 1.95. The van der Waals surface area contributed by atoms with Crippen LogP contribution in [0.1, 0.15) is 13.3 Å². The SMILES string of the molecule is CCCN1CCN(C(=O)CS(=O)c2ccc3oc4ccccc4c3c2)CC1. The van der Waals surface area contributed by atoms with Gasteiger partial charge in [-0.1, -0.05) is 25.1 Å². The van der Waals surface area contributed by atoms with E-state index in [2.05, 4.69) is 11.8 Å². The molecule has 1 amide bonds. The lowest BCUT2D eigenvalue weighted by Crippen LogP contribution is -2.49. The van der Waals surface area contributed by atoms with E-state index in [0.717, 1.165) is 61.1 Å². The number of hydrogen-bond donors (Lipinski definition) is 0. The molecule has 0 spiro atoms. The van der Waals surface area contributed by atoms with Crippen LogP contribution in [0.15, 0.2) is 51.8 Å². The lowest BCUT2D eigenvalue weighted by Gasteiger charge is -2.34. The summed E-state index contributed by atoms with van der Waals surface area (Å²) in [5.41, 5.74) is 1.59. The zero-order chi connectivity index (χ0) is 18.8.